The van der Waals surface area contributed by atoms with Crippen LogP contribution < -0.4 is 20.1 Å². The molecule has 3 aromatic carbocycles. The monoisotopic (exact) mass is 699 g/mol. The molecule has 5 rings (SSSR count). The summed E-state index contributed by atoms with van der Waals surface area (Å²) in [6.07, 6.45) is 2.89. The number of anilines is 3. The van der Waals surface area contributed by atoms with Gasteiger partial charge in [0.15, 0.2) is 5.13 Å². The normalized spacial score (nSPS) is 12.7. The molecule has 4 N–H and O–H groups in total. The number of hydrogen-bond acceptors (Lipinski definition) is 9. The number of methoxy groups -OCH3 is 1. The lowest BCUT2D eigenvalue weighted by molar-refractivity contribution is 0.0861. The summed E-state index contributed by atoms with van der Waals surface area (Å²) in [5.74, 6) is -0.160. The Labute approximate surface area is 291 Å². The Bertz CT molecular complexity index is 1970. The van der Waals surface area contributed by atoms with Gasteiger partial charge in [0.05, 0.1) is 36.4 Å². The number of aromatic nitrogens is 2. The summed E-state index contributed by atoms with van der Waals surface area (Å²) < 4.78 is 34.9. The van der Waals surface area contributed by atoms with Gasteiger partial charge in [0.25, 0.3) is 5.91 Å². The maximum atomic E-state index is 13.8. The number of hydrogen-bond donors (Lipinski definition) is 4. The molecule has 0 aliphatic heterocycles. The fourth-order valence-corrected chi connectivity index (χ4v) is 7.49. The van der Waals surface area contributed by atoms with Crippen LogP contribution in [-0.4, -0.2) is 54.4 Å². The average molecular weight is 700 g/mol. The molecule has 49 heavy (non-hydrogen) atoms. The van der Waals surface area contributed by atoms with Crippen LogP contribution in [0.15, 0.2) is 96.6 Å². The van der Waals surface area contributed by atoms with Gasteiger partial charge in [0.2, 0.25) is 10.0 Å². The zero-order valence-corrected chi connectivity index (χ0v) is 29.5. The number of nitrogens with zero attached hydrogens (tertiary/aromatic N) is 2. The molecule has 0 saturated heterocycles. The highest BCUT2D eigenvalue weighted by Gasteiger charge is 2.29. The smallest absolute Gasteiger partial charge is 0.251 e. The molecule has 12 heteroatoms. The van der Waals surface area contributed by atoms with Crippen LogP contribution >= 0.6 is 11.3 Å². The molecule has 0 saturated carbocycles. The Morgan fingerprint density at radius 3 is 2.49 bits per heavy atom. The number of aliphatic hydroxyl groups is 1. The van der Waals surface area contributed by atoms with E-state index in [9.17, 15) is 18.3 Å². The van der Waals surface area contributed by atoms with Crippen molar-refractivity contribution in [3.8, 4) is 17.0 Å². The number of thiazole rings is 1. The predicted molar refractivity (Wildman–Crippen MR) is 196 cm³/mol. The number of rotatable bonds is 15. The zero-order valence-electron chi connectivity index (χ0n) is 27.9. The van der Waals surface area contributed by atoms with Crippen molar-refractivity contribution in [1.82, 2.24) is 15.3 Å². The van der Waals surface area contributed by atoms with Gasteiger partial charge in [-0.05, 0) is 84.8 Å². The lowest BCUT2D eigenvalue weighted by atomic mass is 10.0. The highest BCUT2D eigenvalue weighted by atomic mass is 32.2. The van der Waals surface area contributed by atoms with Crippen molar-refractivity contribution in [2.75, 3.05) is 22.9 Å². The topological polar surface area (TPSA) is 143 Å². The van der Waals surface area contributed by atoms with E-state index in [1.807, 2.05) is 80.7 Å². The Balaban J connectivity index is 1.34. The third kappa shape index (κ3) is 9.65. The summed E-state index contributed by atoms with van der Waals surface area (Å²) in [6, 6.07) is 22.7. The lowest BCUT2D eigenvalue weighted by Crippen LogP contribution is -2.48. The first-order valence-corrected chi connectivity index (χ1v) is 18.5. The van der Waals surface area contributed by atoms with E-state index < -0.39 is 33.8 Å². The zero-order chi connectivity index (χ0) is 35.0. The third-order valence-corrected chi connectivity index (χ3v) is 10.0. The Morgan fingerprint density at radius 1 is 0.980 bits per heavy atom. The number of pyridine rings is 1. The number of aliphatic hydroxyl groups excluding tert-OH is 1. The number of carbonyl (C=O) groups excluding carboxylic acids is 1. The highest BCUT2D eigenvalue weighted by Crippen LogP contribution is 2.30. The minimum absolute atomic E-state index is 0.220. The molecule has 0 aliphatic rings. The van der Waals surface area contributed by atoms with E-state index in [1.165, 1.54) is 11.3 Å². The summed E-state index contributed by atoms with van der Waals surface area (Å²) >= 11 is 1.44. The molecule has 0 unspecified atom stereocenters. The fourth-order valence-electron chi connectivity index (χ4n) is 5.46. The van der Waals surface area contributed by atoms with E-state index >= 15 is 0 Å². The molecule has 10 nitrogen and oxygen atoms in total. The second kappa shape index (κ2) is 16.1. The third-order valence-electron chi connectivity index (χ3n) is 7.96. The van der Waals surface area contributed by atoms with Crippen LogP contribution in [0, 0.1) is 12.8 Å². The Morgan fingerprint density at radius 2 is 1.78 bits per heavy atom. The van der Waals surface area contributed by atoms with Crippen LogP contribution in [0.1, 0.15) is 40.9 Å². The van der Waals surface area contributed by atoms with E-state index in [2.05, 4.69) is 25.3 Å². The van der Waals surface area contributed by atoms with E-state index in [-0.39, 0.29) is 12.3 Å². The van der Waals surface area contributed by atoms with Gasteiger partial charge in [-0.15, -0.1) is 11.3 Å². The minimum atomic E-state index is -4.03. The highest BCUT2D eigenvalue weighted by molar-refractivity contribution is 7.92. The van der Waals surface area contributed by atoms with Gasteiger partial charge >= 0.3 is 0 Å². The van der Waals surface area contributed by atoms with E-state index in [1.54, 1.807) is 43.8 Å². The number of ether oxygens (including phenoxy) is 1. The number of nitrogens with one attached hydrogen (secondary N) is 3. The minimum Gasteiger partial charge on any atom is -0.497 e. The van der Waals surface area contributed by atoms with Gasteiger partial charge in [0.1, 0.15) is 5.75 Å². The van der Waals surface area contributed by atoms with Crippen molar-refractivity contribution < 1.29 is 23.1 Å². The van der Waals surface area contributed by atoms with E-state index in [0.717, 1.165) is 22.4 Å². The van der Waals surface area contributed by atoms with Gasteiger partial charge in [-0.25, -0.2) is 13.4 Å². The first-order chi connectivity index (χ1) is 23.5. The van der Waals surface area contributed by atoms with Crippen molar-refractivity contribution in [2.24, 2.45) is 5.92 Å². The predicted octanol–water partition coefficient (Wildman–Crippen LogP) is 6.61. The van der Waals surface area contributed by atoms with Crippen LogP contribution in [-0.2, 0) is 22.9 Å². The molecule has 2 aromatic heterocycles. The van der Waals surface area contributed by atoms with Gasteiger partial charge < -0.3 is 20.5 Å². The summed E-state index contributed by atoms with van der Waals surface area (Å²) in [5.41, 5.74) is 5.51. The van der Waals surface area contributed by atoms with Crippen molar-refractivity contribution in [2.45, 2.75) is 45.8 Å². The molecule has 1 amide bonds. The molecule has 0 aliphatic carbocycles. The second-order valence-corrected chi connectivity index (χ2v) is 14.8. The Hall–Kier alpha value is -4.78. The summed E-state index contributed by atoms with van der Waals surface area (Å²) in [4.78, 5) is 22.6. The van der Waals surface area contributed by atoms with Crippen molar-refractivity contribution in [1.29, 1.82) is 0 Å². The van der Waals surface area contributed by atoms with Crippen LogP contribution in [0.5, 0.6) is 5.75 Å². The van der Waals surface area contributed by atoms with E-state index in [4.69, 9.17) is 4.74 Å². The average Bonchev–Trinajstić information content (AvgIpc) is 3.55. The van der Waals surface area contributed by atoms with Gasteiger partial charge in [-0.3, -0.25) is 14.5 Å². The van der Waals surface area contributed by atoms with Crippen LogP contribution in [0.4, 0.5) is 16.5 Å². The molecule has 2 heterocycles. The summed E-state index contributed by atoms with van der Waals surface area (Å²) in [7, 11) is -2.47. The standard InChI is InChI=1S/C37H41N5O5S2/c1-24(2)18-28-20-29(47-4)15-16-32(28)42-49(45,46)23-35(43)33(19-26-10-6-5-7-11-26)39-36(44)30-13-8-14-31(25(30)3)40-37-41-34(22-48-37)27-12-9-17-38-21-27/h5-17,20-22,24,33,35,42-43H,18-19,23H2,1-4H3,(H,39,44)(H,40,41)/t33-,35-/m0/s1. The number of sulfonamides is 1. The number of benzene rings is 3. The molecule has 0 spiro atoms. The first kappa shape index (κ1) is 35.5. The maximum absolute atomic E-state index is 13.8. The molecule has 5 aromatic rings. The van der Waals surface area contributed by atoms with Crippen LogP contribution in [0.2, 0.25) is 0 Å². The molecule has 2 atom stereocenters. The van der Waals surface area contributed by atoms with E-state index in [0.29, 0.717) is 39.8 Å². The molecular formula is C37H41N5O5S2. The van der Waals surface area contributed by atoms with Crippen molar-refractivity contribution in [3.63, 3.8) is 0 Å². The molecular weight excluding hydrogens is 659 g/mol. The SMILES string of the molecule is COc1ccc(NS(=O)(=O)C[C@H](O)[C@H](Cc2ccccc2)NC(=O)c2cccc(Nc3nc(-c4cccnc4)cs3)c2C)c(CC(C)C)c1. The fraction of sp³-hybridized carbons (Fsp3) is 0.270. The van der Waals surface area contributed by atoms with Crippen LogP contribution in [0.3, 0.4) is 0 Å². The quantitative estimate of drug-likeness (QED) is 0.0957. The molecule has 256 valence electrons. The first-order valence-electron chi connectivity index (χ1n) is 15.9. The summed E-state index contributed by atoms with van der Waals surface area (Å²) in [5, 5.41) is 20.2. The number of amides is 1. The molecule has 0 bridgehead atoms. The van der Waals surface area contributed by atoms with Gasteiger partial charge in [-0.2, -0.15) is 0 Å². The second-order valence-electron chi connectivity index (χ2n) is 12.2. The Kier molecular flexibility index (Phi) is 11.7. The van der Waals surface area contributed by atoms with Crippen molar-refractivity contribution >= 4 is 43.8 Å². The largest absolute Gasteiger partial charge is 0.497 e. The summed E-state index contributed by atoms with van der Waals surface area (Å²) in [6.45, 7) is 5.92. The maximum Gasteiger partial charge on any atom is 0.251 e. The van der Waals surface area contributed by atoms with Gasteiger partial charge in [-0.1, -0.05) is 50.2 Å². The molecule has 0 fully saturated rings. The van der Waals surface area contributed by atoms with Crippen LogP contribution in [0.25, 0.3) is 11.3 Å². The number of carbonyl (C=O) groups is 1. The van der Waals surface area contributed by atoms with Gasteiger partial charge in [0, 0.05) is 34.6 Å². The van der Waals surface area contributed by atoms with Crippen molar-refractivity contribution in [3.05, 3.63) is 119 Å². The lowest BCUT2D eigenvalue weighted by Gasteiger charge is -2.25. The molecule has 0 radical (unpaired) electrons.